The van der Waals surface area contributed by atoms with Crippen LogP contribution < -0.4 is 4.90 Å². The van der Waals surface area contributed by atoms with Gasteiger partial charge in [-0.25, -0.2) is 4.39 Å². The molecule has 0 N–H and O–H groups in total. The van der Waals surface area contributed by atoms with Crippen molar-refractivity contribution in [1.82, 2.24) is 9.47 Å². The Bertz CT molecular complexity index is 1250. The molecular weight excluding hydrogens is 473 g/mol. The molecule has 2 heterocycles. The Morgan fingerprint density at radius 3 is 2.38 bits per heavy atom. The van der Waals surface area contributed by atoms with Crippen molar-refractivity contribution in [2.24, 2.45) is 0 Å². The summed E-state index contributed by atoms with van der Waals surface area (Å²) in [5, 5.41) is 0. The van der Waals surface area contributed by atoms with E-state index in [2.05, 4.69) is 0 Å². The van der Waals surface area contributed by atoms with Gasteiger partial charge in [0, 0.05) is 19.2 Å². The molecule has 2 aromatic carbocycles. The molecule has 0 saturated carbocycles. The lowest BCUT2D eigenvalue weighted by Gasteiger charge is -2.39. The van der Waals surface area contributed by atoms with E-state index in [1.165, 1.54) is 17.0 Å². The van der Waals surface area contributed by atoms with Gasteiger partial charge in [0.15, 0.2) is 0 Å². The monoisotopic (exact) mass is 505 g/mol. The van der Waals surface area contributed by atoms with Gasteiger partial charge in [-0.1, -0.05) is 37.6 Å². The first-order valence-electron chi connectivity index (χ1n) is 12.7. The zero-order valence-corrected chi connectivity index (χ0v) is 21.2. The maximum atomic E-state index is 14.0. The van der Waals surface area contributed by atoms with E-state index in [4.69, 9.17) is 4.74 Å². The average Bonchev–Trinajstić information content (AvgIpc) is 3.39. The first-order valence-corrected chi connectivity index (χ1v) is 12.7. The number of unbranched alkanes of at least 4 members (excludes halogenated alkanes) is 1. The molecule has 0 bridgehead atoms. The van der Waals surface area contributed by atoms with Crippen LogP contribution in [0.3, 0.4) is 0 Å². The van der Waals surface area contributed by atoms with E-state index in [1.807, 2.05) is 54.1 Å². The molecule has 0 saturated heterocycles. The number of carbonyl (C=O) groups excluding carboxylic acids is 3. The minimum atomic E-state index is -0.499. The largest absolute Gasteiger partial charge is 0.466 e. The zero-order chi connectivity index (χ0) is 26.4. The molecule has 1 atom stereocenters. The summed E-state index contributed by atoms with van der Waals surface area (Å²) in [5.74, 6) is -1.30. The SMILES string of the molecule is CCCCN(CC(=O)N1c2ccccc2-n2cccc2C1c1ccc(F)cc1)C(=O)CCC(=O)OCC. The minimum absolute atomic E-state index is 0.0172. The van der Waals surface area contributed by atoms with E-state index < -0.39 is 12.0 Å². The van der Waals surface area contributed by atoms with E-state index in [1.54, 1.807) is 24.0 Å². The molecule has 194 valence electrons. The molecule has 1 unspecified atom stereocenters. The molecular formula is C29H32FN3O4. The van der Waals surface area contributed by atoms with Crippen molar-refractivity contribution in [2.75, 3.05) is 24.6 Å². The number of benzene rings is 2. The average molecular weight is 506 g/mol. The lowest BCUT2D eigenvalue weighted by atomic mass is 9.97. The second-order valence-electron chi connectivity index (χ2n) is 8.98. The summed E-state index contributed by atoms with van der Waals surface area (Å²) in [6.45, 7) is 4.27. The summed E-state index contributed by atoms with van der Waals surface area (Å²) in [6, 6.07) is 17.1. The topological polar surface area (TPSA) is 71.9 Å². The van der Waals surface area contributed by atoms with Crippen LogP contribution in [0, 0.1) is 5.82 Å². The summed E-state index contributed by atoms with van der Waals surface area (Å²) in [7, 11) is 0. The molecule has 0 aliphatic carbocycles. The molecule has 4 rings (SSSR count). The molecule has 1 aromatic heterocycles. The number of rotatable bonds is 10. The third kappa shape index (κ3) is 5.74. The summed E-state index contributed by atoms with van der Waals surface area (Å²) >= 11 is 0. The predicted octanol–water partition coefficient (Wildman–Crippen LogP) is 5.02. The predicted molar refractivity (Wildman–Crippen MR) is 139 cm³/mol. The standard InChI is InChI=1S/C29H32FN3O4/c1-3-5-18-31(26(34)16-17-28(36)37-4-2)20-27(35)33-24-10-7-6-9-23(24)32-19-8-11-25(32)29(33)21-12-14-22(30)15-13-21/h6-15,19,29H,3-5,16-18,20H2,1-2H3. The highest BCUT2D eigenvalue weighted by Crippen LogP contribution is 2.42. The lowest BCUT2D eigenvalue weighted by molar-refractivity contribution is -0.146. The quantitative estimate of drug-likeness (QED) is 0.363. The number of aromatic nitrogens is 1. The summed E-state index contributed by atoms with van der Waals surface area (Å²) < 4.78 is 20.8. The zero-order valence-electron chi connectivity index (χ0n) is 21.2. The van der Waals surface area contributed by atoms with Crippen LogP contribution in [0.5, 0.6) is 0 Å². The molecule has 0 fully saturated rings. The van der Waals surface area contributed by atoms with Gasteiger partial charge in [0.1, 0.15) is 18.4 Å². The lowest BCUT2D eigenvalue weighted by Crippen LogP contribution is -2.47. The van der Waals surface area contributed by atoms with E-state index in [0.29, 0.717) is 12.2 Å². The number of amides is 2. The second kappa shape index (κ2) is 11.9. The highest BCUT2D eigenvalue weighted by Gasteiger charge is 2.37. The van der Waals surface area contributed by atoms with Gasteiger partial charge in [-0.3, -0.25) is 19.3 Å². The number of ether oxygens (including phenoxy) is 1. The van der Waals surface area contributed by atoms with Crippen molar-refractivity contribution in [3.05, 3.63) is 83.9 Å². The van der Waals surface area contributed by atoms with Crippen LogP contribution in [0.1, 0.15) is 56.8 Å². The van der Waals surface area contributed by atoms with Gasteiger partial charge < -0.3 is 14.2 Å². The van der Waals surface area contributed by atoms with Gasteiger partial charge in [-0.15, -0.1) is 0 Å². The summed E-state index contributed by atoms with van der Waals surface area (Å²) in [6.07, 6.45) is 3.49. The Kier molecular flexibility index (Phi) is 8.38. The summed E-state index contributed by atoms with van der Waals surface area (Å²) in [4.78, 5) is 42.1. The molecule has 37 heavy (non-hydrogen) atoms. The Morgan fingerprint density at radius 1 is 0.946 bits per heavy atom. The van der Waals surface area contributed by atoms with Gasteiger partial charge >= 0.3 is 5.97 Å². The number of esters is 1. The van der Waals surface area contributed by atoms with Crippen LogP contribution in [-0.4, -0.2) is 46.9 Å². The van der Waals surface area contributed by atoms with E-state index in [9.17, 15) is 18.8 Å². The van der Waals surface area contributed by atoms with Crippen LogP contribution in [0.4, 0.5) is 10.1 Å². The van der Waals surface area contributed by atoms with E-state index in [-0.39, 0.29) is 43.6 Å². The molecule has 8 heteroatoms. The number of hydrogen-bond donors (Lipinski definition) is 0. The highest BCUT2D eigenvalue weighted by atomic mass is 19.1. The highest BCUT2D eigenvalue weighted by molar-refractivity contribution is 6.00. The third-order valence-corrected chi connectivity index (χ3v) is 6.48. The van der Waals surface area contributed by atoms with E-state index >= 15 is 0 Å². The number of para-hydroxylation sites is 2. The van der Waals surface area contributed by atoms with Gasteiger partial charge in [0.05, 0.1) is 30.1 Å². The van der Waals surface area contributed by atoms with Crippen molar-refractivity contribution < 1.29 is 23.5 Å². The van der Waals surface area contributed by atoms with Crippen molar-refractivity contribution in [1.29, 1.82) is 0 Å². The van der Waals surface area contributed by atoms with Crippen molar-refractivity contribution in [2.45, 2.75) is 45.6 Å². The normalized spacial score (nSPS) is 14.0. The van der Waals surface area contributed by atoms with Crippen molar-refractivity contribution >= 4 is 23.5 Å². The van der Waals surface area contributed by atoms with Gasteiger partial charge in [-0.05, 0) is 55.3 Å². The van der Waals surface area contributed by atoms with Gasteiger partial charge in [-0.2, -0.15) is 0 Å². The summed E-state index contributed by atoms with van der Waals surface area (Å²) in [5.41, 5.74) is 3.19. The van der Waals surface area contributed by atoms with Gasteiger partial charge in [0.2, 0.25) is 11.8 Å². The first kappa shape index (κ1) is 26.1. The fourth-order valence-electron chi connectivity index (χ4n) is 4.70. The fraction of sp³-hybridized carbons (Fsp3) is 0.345. The molecule has 1 aliphatic rings. The Labute approximate surface area is 216 Å². The van der Waals surface area contributed by atoms with Crippen molar-refractivity contribution in [3.63, 3.8) is 0 Å². The molecule has 0 radical (unpaired) electrons. The van der Waals surface area contributed by atoms with Crippen LogP contribution in [0.2, 0.25) is 0 Å². The molecule has 1 aliphatic heterocycles. The van der Waals surface area contributed by atoms with Crippen LogP contribution in [-0.2, 0) is 19.1 Å². The van der Waals surface area contributed by atoms with E-state index in [0.717, 1.165) is 29.8 Å². The number of hydrogen-bond acceptors (Lipinski definition) is 4. The molecule has 3 aromatic rings. The fourth-order valence-corrected chi connectivity index (χ4v) is 4.70. The third-order valence-electron chi connectivity index (χ3n) is 6.48. The number of carbonyl (C=O) groups is 3. The van der Waals surface area contributed by atoms with Crippen LogP contribution >= 0.6 is 0 Å². The minimum Gasteiger partial charge on any atom is -0.466 e. The van der Waals surface area contributed by atoms with Crippen LogP contribution in [0.15, 0.2) is 66.9 Å². The smallest absolute Gasteiger partial charge is 0.306 e. The Hall–Kier alpha value is -3.94. The van der Waals surface area contributed by atoms with Gasteiger partial charge in [0.25, 0.3) is 0 Å². The maximum absolute atomic E-state index is 14.0. The Balaban J connectivity index is 1.67. The second-order valence-corrected chi connectivity index (χ2v) is 8.98. The molecule has 0 spiro atoms. The van der Waals surface area contributed by atoms with Crippen molar-refractivity contribution in [3.8, 4) is 5.69 Å². The molecule has 7 nitrogen and oxygen atoms in total. The Morgan fingerprint density at radius 2 is 1.68 bits per heavy atom. The number of nitrogens with zero attached hydrogens (tertiary/aromatic N) is 3. The first-order chi connectivity index (χ1) is 17.9. The molecule has 2 amide bonds. The number of fused-ring (bicyclic) bond motifs is 3. The number of halogens is 1. The maximum Gasteiger partial charge on any atom is 0.306 e. The van der Waals surface area contributed by atoms with Crippen LogP contribution in [0.25, 0.3) is 5.69 Å². The number of anilines is 1.